The number of likely N-dealkylation sites (N-methyl/N-ethyl adjacent to an activating group) is 1. The van der Waals surface area contributed by atoms with Crippen molar-refractivity contribution in [2.24, 2.45) is 0 Å². The molecule has 1 aliphatic rings. The van der Waals surface area contributed by atoms with Crippen molar-refractivity contribution in [3.63, 3.8) is 0 Å². The van der Waals surface area contributed by atoms with Crippen molar-refractivity contribution < 1.29 is 19.2 Å². The van der Waals surface area contributed by atoms with E-state index < -0.39 is 5.97 Å². The molecule has 26 heavy (non-hydrogen) atoms. The van der Waals surface area contributed by atoms with Crippen LogP contribution >= 0.6 is 11.6 Å². The molecule has 3 rings (SSSR count). The Morgan fingerprint density at radius 3 is 2.81 bits per heavy atom. The fourth-order valence-corrected chi connectivity index (χ4v) is 3.29. The number of carboxylic acids is 1. The Morgan fingerprint density at radius 1 is 1.38 bits per heavy atom. The largest absolute Gasteiger partial charge is 0.480 e. The molecule has 7 nitrogen and oxygen atoms in total. The summed E-state index contributed by atoms with van der Waals surface area (Å²) in [5, 5.41) is 16.2. The van der Waals surface area contributed by atoms with E-state index in [-0.39, 0.29) is 30.2 Å². The lowest BCUT2D eigenvalue weighted by atomic mass is 9.85. The van der Waals surface area contributed by atoms with Crippen LogP contribution in [0, 0.1) is 0 Å². The molecule has 0 spiro atoms. The third kappa shape index (κ3) is 4.23. The molecule has 0 atom stereocenters. The average Bonchev–Trinajstić information content (AvgIpc) is 3.06. The molecule has 1 amide bonds. The van der Waals surface area contributed by atoms with Gasteiger partial charge >= 0.3 is 5.97 Å². The number of carbonyl (C=O) groups is 2. The maximum atomic E-state index is 12.3. The number of hydrogen-bond acceptors (Lipinski definition) is 5. The molecule has 0 bridgehead atoms. The van der Waals surface area contributed by atoms with E-state index in [4.69, 9.17) is 21.2 Å². The highest BCUT2D eigenvalue weighted by atomic mass is 35.5. The molecular weight excluding hydrogens is 358 g/mol. The van der Waals surface area contributed by atoms with Crippen LogP contribution in [0.15, 0.2) is 34.9 Å². The average molecular weight is 378 g/mol. The maximum absolute atomic E-state index is 12.3. The topological polar surface area (TPSA) is 95.7 Å². The number of amides is 1. The van der Waals surface area contributed by atoms with Crippen molar-refractivity contribution in [2.75, 3.05) is 13.1 Å². The molecule has 0 aliphatic heterocycles. The first kappa shape index (κ1) is 18.4. The fourth-order valence-electron chi connectivity index (χ4n) is 3.10. The monoisotopic (exact) mass is 377 g/mol. The standard InChI is InChI=1S/C18H20ClN3O4/c1-2-22(10-17(23)24)14-7-13(8-14)20-18(25)15-9-16(26-21-15)11-4-3-5-12(19)6-11/h3-6,9,13-14H,2,7-8,10H2,1H3,(H,20,25)(H,23,24). The highest BCUT2D eigenvalue weighted by molar-refractivity contribution is 6.30. The molecule has 1 aliphatic carbocycles. The number of carboxylic acid groups (broad SMARTS) is 1. The van der Waals surface area contributed by atoms with Gasteiger partial charge in [0, 0.05) is 28.7 Å². The maximum Gasteiger partial charge on any atom is 0.317 e. The first-order valence-electron chi connectivity index (χ1n) is 8.45. The fraction of sp³-hybridized carbons (Fsp3) is 0.389. The number of carbonyl (C=O) groups excluding carboxylic acids is 1. The van der Waals surface area contributed by atoms with Crippen molar-refractivity contribution in [1.29, 1.82) is 0 Å². The third-order valence-corrected chi connectivity index (χ3v) is 4.80. The zero-order valence-electron chi connectivity index (χ0n) is 14.3. The number of aliphatic carboxylic acids is 1. The van der Waals surface area contributed by atoms with E-state index in [1.807, 2.05) is 17.9 Å². The first-order valence-corrected chi connectivity index (χ1v) is 8.83. The van der Waals surface area contributed by atoms with E-state index in [0.29, 0.717) is 17.3 Å². The summed E-state index contributed by atoms with van der Waals surface area (Å²) in [6.45, 7) is 2.62. The minimum Gasteiger partial charge on any atom is -0.480 e. The van der Waals surface area contributed by atoms with Crippen molar-refractivity contribution in [1.82, 2.24) is 15.4 Å². The highest BCUT2D eigenvalue weighted by Crippen LogP contribution is 2.27. The number of nitrogens with one attached hydrogen (secondary N) is 1. The summed E-state index contributed by atoms with van der Waals surface area (Å²) < 4.78 is 5.24. The van der Waals surface area contributed by atoms with Crippen LogP contribution < -0.4 is 5.32 Å². The smallest absolute Gasteiger partial charge is 0.317 e. The number of aromatic nitrogens is 1. The van der Waals surface area contributed by atoms with E-state index in [1.165, 1.54) is 0 Å². The van der Waals surface area contributed by atoms with Gasteiger partial charge in [-0.2, -0.15) is 0 Å². The summed E-state index contributed by atoms with van der Waals surface area (Å²) >= 11 is 5.96. The summed E-state index contributed by atoms with van der Waals surface area (Å²) in [6.07, 6.45) is 1.46. The Hall–Kier alpha value is -2.38. The van der Waals surface area contributed by atoms with Crippen LogP contribution in [0.3, 0.4) is 0 Å². The third-order valence-electron chi connectivity index (χ3n) is 4.56. The second kappa shape index (κ2) is 7.88. The van der Waals surface area contributed by atoms with Gasteiger partial charge in [0.05, 0.1) is 6.54 Å². The van der Waals surface area contributed by atoms with Gasteiger partial charge in [0.15, 0.2) is 11.5 Å². The van der Waals surface area contributed by atoms with Crippen LogP contribution in [0.5, 0.6) is 0 Å². The van der Waals surface area contributed by atoms with Gasteiger partial charge in [0.2, 0.25) is 0 Å². The molecule has 0 unspecified atom stereocenters. The second-order valence-corrected chi connectivity index (χ2v) is 6.78. The summed E-state index contributed by atoms with van der Waals surface area (Å²) in [5.41, 5.74) is 0.960. The van der Waals surface area contributed by atoms with Gasteiger partial charge in [-0.25, -0.2) is 0 Å². The number of benzene rings is 1. The minimum absolute atomic E-state index is 0.0154. The van der Waals surface area contributed by atoms with Gasteiger partial charge in [-0.3, -0.25) is 14.5 Å². The van der Waals surface area contributed by atoms with Gasteiger partial charge in [0.1, 0.15) is 0 Å². The quantitative estimate of drug-likeness (QED) is 0.770. The Labute approximate surface area is 155 Å². The van der Waals surface area contributed by atoms with Crippen LogP contribution in [-0.2, 0) is 4.79 Å². The highest BCUT2D eigenvalue weighted by Gasteiger charge is 2.35. The molecule has 2 aromatic rings. The van der Waals surface area contributed by atoms with Crippen LogP contribution in [0.25, 0.3) is 11.3 Å². The summed E-state index contributed by atoms with van der Waals surface area (Å²) in [7, 11) is 0. The van der Waals surface area contributed by atoms with Crippen molar-refractivity contribution in [3.8, 4) is 11.3 Å². The molecule has 0 radical (unpaired) electrons. The predicted octanol–water partition coefficient (Wildman–Crippen LogP) is 2.66. The number of halogens is 1. The van der Waals surface area contributed by atoms with Crippen LogP contribution in [0.4, 0.5) is 0 Å². The zero-order valence-corrected chi connectivity index (χ0v) is 15.1. The lowest BCUT2D eigenvalue weighted by molar-refractivity contribution is -0.139. The van der Waals surface area contributed by atoms with Crippen LogP contribution in [-0.4, -0.2) is 52.2 Å². The van der Waals surface area contributed by atoms with Crippen molar-refractivity contribution in [3.05, 3.63) is 41.0 Å². The molecule has 1 heterocycles. The summed E-state index contributed by atoms with van der Waals surface area (Å²) in [6, 6.07) is 8.90. The Kier molecular flexibility index (Phi) is 5.58. The molecule has 1 saturated carbocycles. The van der Waals surface area contributed by atoms with E-state index in [1.54, 1.807) is 24.3 Å². The summed E-state index contributed by atoms with van der Waals surface area (Å²) in [4.78, 5) is 25.1. The minimum atomic E-state index is -0.838. The first-order chi connectivity index (χ1) is 12.5. The molecule has 138 valence electrons. The molecular formula is C18H20ClN3O4. The molecule has 8 heteroatoms. The Bertz CT molecular complexity index is 801. The molecule has 1 aromatic carbocycles. The SMILES string of the molecule is CCN(CC(=O)O)C1CC(NC(=O)c2cc(-c3cccc(Cl)c3)on2)C1. The van der Waals surface area contributed by atoms with E-state index in [0.717, 1.165) is 18.4 Å². The van der Waals surface area contributed by atoms with E-state index >= 15 is 0 Å². The molecule has 2 N–H and O–H groups in total. The Balaban J connectivity index is 1.55. The van der Waals surface area contributed by atoms with Crippen LogP contribution in [0.1, 0.15) is 30.3 Å². The summed E-state index contributed by atoms with van der Waals surface area (Å²) in [5.74, 6) is -0.662. The van der Waals surface area contributed by atoms with Gasteiger partial charge in [-0.1, -0.05) is 35.8 Å². The predicted molar refractivity (Wildman–Crippen MR) is 96.1 cm³/mol. The van der Waals surface area contributed by atoms with Crippen LogP contribution in [0.2, 0.25) is 5.02 Å². The van der Waals surface area contributed by atoms with E-state index in [2.05, 4.69) is 10.5 Å². The Morgan fingerprint density at radius 2 is 2.15 bits per heavy atom. The number of hydrogen-bond donors (Lipinski definition) is 2. The number of nitrogens with zero attached hydrogens (tertiary/aromatic N) is 2. The molecule has 1 aromatic heterocycles. The molecule has 0 saturated heterocycles. The van der Waals surface area contributed by atoms with Gasteiger partial charge in [-0.05, 0) is 31.5 Å². The van der Waals surface area contributed by atoms with E-state index in [9.17, 15) is 9.59 Å². The van der Waals surface area contributed by atoms with Crippen molar-refractivity contribution in [2.45, 2.75) is 31.8 Å². The lowest BCUT2D eigenvalue weighted by Crippen LogP contribution is -2.54. The van der Waals surface area contributed by atoms with Gasteiger partial charge < -0.3 is 14.9 Å². The lowest BCUT2D eigenvalue weighted by Gasteiger charge is -2.42. The van der Waals surface area contributed by atoms with Gasteiger partial charge in [-0.15, -0.1) is 0 Å². The second-order valence-electron chi connectivity index (χ2n) is 6.34. The van der Waals surface area contributed by atoms with Gasteiger partial charge in [0.25, 0.3) is 5.91 Å². The molecule has 1 fully saturated rings. The normalized spacial score (nSPS) is 19.2. The number of rotatable bonds is 7. The van der Waals surface area contributed by atoms with Crippen molar-refractivity contribution >= 4 is 23.5 Å². The zero-order chi connectivity index (χ0) is 18.7.